The van der Waals surface area contributed by atoms with Gasteiger partial charge in [0.25, 0.3) is 0 Å². The highest BCUT2D eigenvalue weighted by atomic mass is 19.1. The molecule has 3 atom stereocenters. The number of halogens is 1. The van der Waals surface area contributed by atoms with E-state index in [0.717, 1.165) is 24.0 Å². The molecule has 1 saturated heterocycles. The standard InChI is InChI=1S/C23H19FN2O2/c24-19-4-2-1-3-16(19)8-5-15-6-9-17(10-7-15)22-20(13-25)26(21(22)14-27)23(28)18-11-12-18/h1-4,6-7,9-10,18,20-22,27H,11-12,14H2/t20-,21+,22-/m1/s1. The summed E-state index contributed by atoms with van der Waals surface area (Å²) in [5.74, 6) is 5.18. The van der Waals surface area contributed by atoms with Gasteiger partial charge in [0.1, 0.15) is 11.9 Å². The molecule has 0 bridgehead atoms. The Morgan fingerprint density at radius 3 is 2.46 bits per heavy atom. The molecule has 5 heteroatoms. The SMILES string of the molecule is N#C[C@@H]1[C@@H](c2ccc(C#Cc3ccccc3F)cc2)[C@H](CO)N1C(=O)C1CC1. The molecule has 0 spiro atoms. The van der Waals surface area contributed by atoms with Crippen LogP contribution in [0.2, 0.25) is 0 Å². The molecule has 0 aromatic heterocycles. The molecule has 1 saturated carbocycles. The minimum absolute atomic E-state index is 0.0156. The Morgan fingerprint density at radius 1 is 1.14 bits per heavy atom. The second-order valence-corrected chi connectivity index (χ2v) is 7.22. The molecule has 1 aliphatic carbocycles. The average Bonchev–Trinajstić information content (AvgIpc) is 3.53. The summed E-state index contributed by atoms with van der Waals surface area (Å²) in [6.45, 7) is -0.170. The van der Waals surface area contributed by atoms with Crippen LogP contribution in [0, 0.1) is 34.9 Å². The van der Waals surface area contributed by atoms with Gasteiger partial charge in [-0.3, -0.25) is 4.79 Å². The van der Waals surface area contributed by atoms with Gasteiger partial charge < -0.3 is 10.0 Å². The number of aliphatic hydroxyl groups excluding tert-OH is 1. The number of hydrogen-bond acceptors (Lipinski definition) is 3. The normalized spacial score (nSPS) is 23.2. The lowest BCUT2D eigenvalue weighted by Crippen LogP contribution is -2.65. The zero-order chi connectivity index (χ0) is 19.7. The van der Waals surface area contributed by atoms with E-state index in [-0.39, 0.29) is 36.2 Å². The second-order valence-electron chi connectivity index (χ2n) is 7.22. The Bertz CT molecular complexity index is 996. The quantitative estimate of drug-likeness (QED) is 0.841. The second kappa shape index (κ2) is 7.46. The lowest BCUT2D eigenvalue weighted by atomic mass is 9.75. The van der Waals surface area contributed by atoms with Gasteiger partial charge in [0, 0.05) is 17.4 Å². The molecule has 0 unspecified atom stereocenters. The van der Waals surface area contributed by atoms with Crippen molar-refractivity contribution in [1.82, 2.24) is 4.90 Å². The van der Waals surface area contributed by atoms with Crippen LogP contribution in [-0.2, 0) is 4.79 Å². The largest absolute Gasteiger partial charge is 0.394 e. The van der Waals surface area contributed by atoms with Crippen LogP contribution in [0.25, 0.3) is 0 Å². The van der Waals surface area contributed by atoms with Crippen molar-refractivity contribution in [3.63, 3.8) is 0 Å². The Balaban J connectivity index is 1.53. The van der Waals surface area contributed by atoms with E-state index in [0.29, 0.717) is 5.56 Å². The zero-order valence-corrected chi connectivity index (χ0v) is 15.2. The van der Waals surface area contributed by atoms with Crippen LogP contribution >= 0.6 is 0 Å². The summed E-state index contributed by atoms with van der Waals surface area (Å²) in [5, 5.41) is 19.3. The molecule has 2 fully saturated rings. The molecule has 2 aromatic rings. The highest BCUT2D eigenvalue weighted by Gasteiger charge is 2.53. The predicted octanol–water partition coefficient (Wildman–Crippen LogP) is 2.81. The number of aliphatic hydroxyl groups is 1. The average molecular weight is 374 g/mol. The Kier molecular flexibility index (Phi) is 4.86. The van der Waals surface area contributed by atoms with Gasteiger partial charge in [-0.25, -0.2) is 4.39 Å². The van der Waals surface area contributed by atoms with E-state index >= 15 is 0 Å². The molecule has 4 nitrogen and oxygen atoms in total. The molecule has 1 heterocycles. The van der Waals surface area contributed by atoms with Gasteiger partial charge in [-0.2, -0.15) is 5.26 Å². The smallest absolute Gasteiger partial charge is 0.227 e. The van der Waals surface area contributed by atoms with Gasteiger partial charge in [-0.1, -0.05) is 36.1 Å². The molecule has 1 amide bonds. The summed E-state index contributed by atoms with van der Waals surface area (Å²) in [4.78, 5) is 14.0. The molecule has 140 valence electrons. The summed E-state index contributed by atoms with van der Waals surface area (Å²) in [6, 6.07) is 15.0. The van der Waals surface area contributed by atoms with Gasteiger partial charge in [0.2, 0.25) is 5.91 Å². The maximum absolute atomic E-state index is 13.7. The number of carbonyl (C=O) groups excluding carboxylic acids is 1. The van der Waals surface area contributed by atoms with Crippen LogP contribution in [0.1, 0.15) is 35.4 Å². The van der Waals surface area contributed by atoms with Gasteiger partial charge in [-0.15, -0.1) is 0 Å². The first kappa shape index (κ1) is 18.2. The van der Waals surface area contributed by atoms with E-state index in [1.807, 2.05) is 24.3 Å². The minimum atomic E-state index is -0.555. The fraction of sp³-hybridized carbons (Fsp3) is 0.304. The number of nitriles is 1. The number of nitrogens with zero attached hydrogens (tertiary/aromatic N) is 2. The third-order valence-electron chi connectivity index (χ3n) is 5.42. The lowest BCUT2D eigenvalue weighted by molar-refractivity contribution is -0.148. The molecule has 0 radical (unpaired) electrons. The van der Waals surface area contributed by atoms with Crippen LogP contribution in [-0.4, -0.2) is 34.6 Å². The topological polar surface area (TPSA) is 64.3 Å². The van der Waals surface area contributed by atoms with Crippen molar-refractivity contribution in [1.29, 1.82) is 5.26 Å². The summed E-state index contributed by atoms with van der Waals surface area (Å²) in [7, 11) is 0. The number of rotatable bonds is 3. The van der Waals surface area contributed by atoms with E-state index in [2.05, 4.69) is 17.9 Å². The number of amides is 1. The number of carbonyl (C=O) groups is 1. The van der Waals surface area contributed by atoms with Gasteiger partial charge >= 0.3 is 0 Å². The van der Waals surface area contributed by atoms with Gasteiger partial charge in [-0.05, 0) is 42.7 Å². The van der Waals surface area contributed by atoms with Crippen molar-refractivity contribution in [2.75, 3.05) is 6.61 Å². The molecular formula is C23H19FN2O2. The van der Waals surface area contributed by atoms with Crippen LogP contribution in [0.3, 0.4) is 0 Å². The molecule has 28 heavy (non-hydrogen) atoms. The Hall–Kier alpha value is -3.15. The van der Waals surface area contributed by atoms with Gasteiger partial charge in [0.15, 0.2) is 0 Å². The monoisotopic (exact) mass is 374 g/mol. The first-order chi connectivity index (χ1) is 13.6. The lowest BCUT2D eigenvalue weighted by Gasteiger charge is -2.51. The molecule has 1 N–H and O–H groups in total. The molecule has 2 aromatic carbocycles. The first-order valence-electron chi connectivity index (χ1n) is 9.33. The van der Waals surface area contributed by atoms with E-state index in [1.165, 1.54) is 6.07 Å². The van der Waals surface area contributed by atoms with E-state index in [4.69, 9.17) is 0 Å². The number of likely N-dealkylation sites (tertiary alicyclic amines) is 1. The van der Waals surface area contributed by atoms with Crippen molar-refractivity contribution in [2.24, 2.45) is 5.92 Å². The number of hydrogen-bond donors (Lipinski definition) is 1. The van der Waals surface area contributed by atoms with Gasteiger partial charge in [0.05, 0.1) is 24.3 Å². The van der Waals surface area contributed by atoms with Crippen molar-refractivity contribution < 1.29 is 14.3 Å². The fourth-order valence-electron chi connectivity index (χ4n) is 3.74. The molecule has 4 rings (SSSR count). The number of benzene rings is 2. The maximum atomic E-state index is 13.7. The zero-order valence-electron chi connectivity index (χ0n) is 15.2. The molecular weight excluding hydrogens is 355 g/mol. The molecule has 1 aliphatic heterocycles. The summed E-state index contributed by atoms with van der Waals surface area (Å²) in [6.07, 6.45) is 1.73. The summed E-state index contributed by atoms with van der Waals surface area (Å²) >= 11 is 0. The molecule has 2 aliphatic rings. The highest BCUT2D eigenvalue weighted by molar-refractivity contribution is 5.83. The van der Waals surface area contributed by atoms with Crippen LogP contribution < -0.4 is 0 Å². The van der Waals surface area contributed by atoms with E-state index in [9.17, 15) is 19.6 Å². The Morgan fingerprint density at radius 2 is 1.86 bits per heavy atom. The van der Waals surface area contributed by atoms with Crippen molar-refractivity contribution in [3.8, 4) is 17.9 Å². The first-order valence-corrected chi connectivity index (χ1v) is 9.33. The Labute approximate surface area is 163 Å². The summed E-state index contributed by atoms with van der Waals surface area (Å²) < 4.78 is 13.7. The van der Waals surface area contributed by atoms with Crippen molar-refractivity contribution in [2.45, 2.75) is 30.8 Å². The highest BCUT2D eigenvalue weighted by Crippen LogP contribution is 2.44. The van der Waals surface area contributed by atoms with Crippen molar-refractivity contribution >= 4 is 5.91 Å². The minimum Gasteiger partial charge on any atom is -0.394 e. The van der Waals surface area contributed by atoms with Crippen LogP contribution in [0.15, 0.2) is 48.5 Å². The fourth-order valence-corrected chi connectivity index (χ4v) is 3.74. The summed E-state index contributed by atoms with van der Waals surface area (Å²) in [5.41, 5.74) is 1.96. The van der Waals surface area contributed by atoms with Crippen LogP contribution in [0.5, 0.6) is 0 Å². The van der Waals surface area contributed by atoms with E-state index in [1.54, 1.807) is 23.1 Å². The van der Waals surface area contributed by atoms with E-state index < -0.39 is 6.04 Å². The van der Waals surface area contributed by atoms with Crippen LogP contribution in [0.4, 0.5) is 4.39 Å². The third-order valence-corrected chi connectivity index (χ3v) is 5.42. The third kappa shape index (κ3) is 3.26. The predicted molar refractivity (Wildman–Crippen MR) is 101 cm³/mol. The van der Waals surface area contributed by atoms with Crippen molar-refractivity contribution in [3.05, 3.63) is 71.0 Å². The maximum Gasteiger partial charge on any atom is 0.227 e.